The van der Waals surface area contributed by atoms with Crippen LogP contribution in [0, 0.1) is 0 Å². The average molecular weight is 985 g/mol. The largest absolute Gasteiger partial charge is 0.310 e. The Bertz CT molecular complexity index is 4260. The summed E-state index contributed by atoms with van der Waals surface area (Å²) in [5.41, 5.74) is 33.5. The first kappa shape index (κ1) is 45.4. The highest BCUT2D eigenvalue weighted by atomic mass is 15.1. The van der Waals surface area contributed by atoms with Gasteiger partial charge in [-0.15, -0.1) is 0 Å². The van der Waals surface area contributed by atoms with Crippen molar-refractivity contribution in [2.45, 2.75) is 148 Å². The summed E-state index contributed by atoms with van der Waals surface area (Å²) in [4.78, 5) is 0. The number of fused-ring (bicyclic) bond motifs is 13. The fourth-order valence-electron chi connectivity index (χ4n) is 16.7. The van der Waals surface area contributed by atoms with Gasteiger partial charge >= 0.3 is 0 Å². The minimum absolute atomic E-state index is 0.0244. The first-order valence-corrected chi connectivity index (χ1v) is 28.9. The van der Waals surface area contributed by atoms with Crippen LogP contribution in [0.5, 0.6) is 0 Å². The topological polar surface area (TPSA) is 9.86 Å². The molecule has 0 amide bonds. The maximum Gasteiger partial charge on any atom is 0.252 e. The van der Waals surface area contributed by atoms with Crippen LogP contribution in [0.3, 0.4) is 0 Å². The zero-order valence-corrected chi connectivity index (χ0v) is 46.7. The Balaban J connectivity index is 1.11. The van der Waals surface area contributed by atoms with Crippen LogP contribution in [0.15, 0.2) is 140 Å². The molecule has 0 atom stereocenters. The summed E-state index contributed by atoms with van der Waals surface area (Å²) in [6.45, 7) is 29.4. The third-order valence-corrected chi connectivity index (χ3v) is 21.0. The van der Waals surface area contributed by atoms with Gasteiger partial charge in [-0.1, -0.05) is 198 Å². The van der Waals surface area contributed by atoms with Gasteiger partial charge in [0.1, 0.15) is 0 Å². The van der Waals surface area contributed by atoms with Gasteiger partial charge in [0.2, 0.25) is 0 Å². The molecule has 10 aromatic rings. The molecule has 0 saturated carbocycles. The smallest absolute Gasteiger partial charge is 0.252 e. The molecule has 2 nitrogen and oxygen atoms in total. The predicted molar refractivity (Wildman–Crippen MR) is 323 cm³/mol. The summed E-state index contributed by atoms with van der Waals surface area (Å²) in [6.07, 6.45) is 4.75. The Labute approximate surface area is 450 Å². The molecule has 8 aromatic carbocycles. The van der Waals surface area contributed by atoms with Gasteiger partial charge in [-0.25, -0.2) is 0 Å². The first-order chi connectivity index (χ1) is 36.3. The molecule has 0 bridgehead atoms. The lowest BCUT2D eigenvalue weighted by atomic mass is 9.33. The molecule has 6 aliphatic rings. The second-order valence-electron chi connectivity index (χ2n) is 27.6. The zero-order valence-electron chi connectivity index (χ0n) is 46.7. The fourth-order valence-corrected chi connectivity index (χ4v) is 16.7. The summed E-state index contributed by atoms with van der Waals surface area (Å²) in [6, 6.07) is 57.2. The van der Waals surface area contributed by atoms with E-state index in [0.717, 1.165) is 0 Å². The Kier molecular flexibility index (Phi) is 8.59. The van der Waals surface area contributed by atoms with E-state index in [2.05, 4.69) is 232 Å². The van der Waals surface area contributed by atoms with Crippen LogP contribution >= 0.6 is 0 Å². The molecule has 0 saturated heterocycles. The molecule has 3 aliphatic carbocycles. The van der Waals surface area contributed by atoms with Crippen molar-refractivity contribution < 1.29 is 0 Å². The van der Waals surface area contributed by atoms with Crippen LogP contribution in [-0.2, 0) is 27.1 Å². The van der Waals surface area contributed by atoms with Gasteiger partial charge in [0.05, 0.1) is 16.6 Å². The second kappa shape index (κ2) is 14.4. The van der Waals surface area contributed by atoms with E-state index in [1.807, 2.05) is 0 Å². The summed E-state index contributed by atoms with van der Waals surface area (Å²) >= 11 is 0. The van der Waals surface area contributed by atoms with Crippen molar-refractivity contribution in [2.24, 2.45) is 0 Å². The highest BCUT2D eigenvalue weighted by Gasteiger charge is 2.55. The molecule has 1 spiro atoms. The van der Waals surface area contributed by atoms with Gasteiger partial charge in [0.25, 0.3) is 6.71 Å². The third kappa shape index (κ3) is 5.36. The molecule has 374 valence electrons. The lowest BCUT2D eigenvalue weighted by molar-refractivity contribution is 0.332. The van der Waals surface area contributed by atoms with Crippen LogP contribution < -0.4 is 16.4 Å². The molecule has 3 aliphatic heterocycles. The van der Waals surface area contributed by atoms with Crippen molar-refractivity contribution >= 4 is 55.8 Å². The molecule has 3 heteroatoms. The molecule has 0 N–H and O–H groups in total. The fraction of sp³-hybridized carbons (Fsp3) is 0.315. The van der Waals surface area contributed by atoms with Crippen LogP contribution in [0.1, 0.15) is 176 Å². The molecular weight excluding hydrogens is 916 g/mol. The molecule has 5 heterocycles. The molecule has 0 unspecified atom stereocenters. The molecule has 0 fully saturated rings. The van der Waals surface area contributed by atoms with Gasteiger partial charge in [-0.3, -0.25) is 0 Å². The lowest BCUT2D eigenvalue weighted by Gasteiger charge is -2.44. The van der Waals surface area contributed by atoms with Crippen molar-refractivity contribution in [2.75, 3.05) is 0 Å². The molecular formula is C73H69BN2. The summed E-state index contributed by atoms with van der Waals surface area (Å²) < 4.78 is 5.59. The Morgan fingerprint density at radius 2 is 0.934 bits per heavy atom. The number of nitrogens with zero attached hydrogens (tertiary/aromatic N) is 2. The SMILES string of the molecule is CC(C)c1cc2c3c(c1)c1cc(C(C)C)cc4c1n3-c1c(ccc3c1B2c1cccc2c(-c5ccc6c(c5)C(C)(C)CCC6(C)C)c(-c5ccc6c(c5)C(C)(C)CCC6(C)C)n-3c12)C41c2ccccc2-c2ccccc21. The number of hydrogen-bond donors (Lipinski definition) is 0. The number of rotatable bonds is 4. The van der Waals surface area contributed by atoms with Crippen molar-refractivity contribution in [3.63, 3.8) is 0 Å². The molecule has 76 heavy (non-hydrogen) atoms. The predicted octanol–water partition coefficient (Wildman–Crippen LogP) is 16.8. The Hall–Kier alpha value is -6.84. The van der Waals surface area contributed by atoms with E-state index < -0.39 is 5.41 Å². The lowest BCUT2D eigenvalue weighted by Crippen LogP contribution is -2.60. The number of aromatic nitrogens is 2. The summed E-state index contributed by atoms with van der Waals surface area (Å²) in [7, 11) is 0. The van der Waals surface area contributed by atoms with Crippen LogP contribution in [0.25, 0.3) is 77.6 Å². The molecule has 0 radical (unpaired) electrons. The maximum absolute atomic E-state index is 2.80. The van der Waals surface area contributed by atoms with Gasteiger partial charge in [0, 0.05) is 44.1 Å². The minimum Gasteiger partial charge on any atom is -0.310 e. The van der Waals surface area contributed by atoms with Crippen LogP contribution in [0.4, 0.5) is 0 Å². The van der Waals surface area contributed by atoms with Crippen LogP contribution in [-0.4, -0.2) is 15.8 Å². The monoisotopic (exact) mass is 985 g/mol. The van der Waals surface area contributed by atoms with Gasteiger partial charge in [-0.05, 0) is 178 Å². The van der Waals surface area contributed by atoms with Gasteiger partial charge in [-0.2, -0.15) is 0 Å². The zero-order chi connectivity index (χ0) is 52.1. The van der Waals surface area contributed by atoms with Gasteiger partial charge < -0.3 is 9.13 Å². The Morgan fingerprint density at radius 1 is 0.408 bits per heavy atom. The average Bonchev–Trinajstić information content (AvgIpc) is 4.24. The van der Waals surface area contributed by atoms with Crippen molar-refractivity contribution in [1.82, 2.24) is 9.13 Å². The first-order valence-electron chi connectivity index (χ1n) is 28.9. The van der Waals surface area contributed by atoms with E-state index in [0.29, 0.717) is 11.8 Å². The molecule has 16 rings (SSSR count). The normalized spacial score (nSPS) is 18.5. The van der Waals surface area contributed by atoms with E-state index in [-0.39, 0.29) is 28.4 Å². The maximum atomic E-state index is 2.80. The van der Waals surface area contributed by atoms with Crippen molar-refractivity contribution in [1.29, 1.82) is 0 Å². The number of para-hydroxylation sites is 1. The standard InChI is InChI=1S/C73H69BN2/c1-40(2)44-34-49-50-35-45(41(3)4)39-60-67(50)76-65(49)58(38-44)73(51-21-15-13-18-46(51)47-19-14-16-22-52(47)73)55-28-29-61-63(68(55)76)74(60)59-23-17-20-48-62(42-24-26-53-56(36-42)71(9,10)32-30-69(53,5)6)64(75(61)66(48)59)43-25-27-54-57(37-43)72(11,12)33-31-70(54,7)8/h13-29,34-41H,30-33H2,1-12H3. The van der Waals surface area contributed by atoms with E-state index in [1.165, 1.54) is 175 Å². The number of benzene rings is 8. The number of hydrogen-bond acceptors (Lipinski definition) is 0. The minimum atomic E-state index is -0.522. The Morgan fingerprint density at radius 3 is 1.55 bits per heavy atom. The van der Waals surface area contributed by atoms with Crippen molar-refractivity contribution in [3.05, 3.63) is 195 Å². The highest BCUT2D eigenvalue weighted by Crippen LogP contribution is 2.62. The van der Waals surface area contributed by atoms with Gasteiger partial charge in [0.15, 0.2) is 0 Å². The molecule has 2 aromatic heterocycles. The highest BCUT2D eigenvalue weighted by molar-refractivity contribution is 7.00. The van der Waals surface area contributed by atoms with Crippen molar-refractivity contribution in [3.8, 4) is 44.9 Å². The van der Waals surface area contributed by atoms with E-state index in [1.54, 1.807) is 0 Å². The summed E-state index contributed by atoms with van der Waals surface area (Å²) in [5, 5.41) is 4.14. The van der Waals surface area contributed by atoms with E-state index >= 15 is 0 Å². The van der Waals surface area contributed by atoms with Crippen LogP contribution in [0.2, 0.25) is 0 Å². The quantitative estimate of drug-likeness (QED) is 0.156. The summed E-state index contributed by atoms with van der Waals surface area (Å²) in [5.74, 6) is 0.723. The van der Waals surface area contributed by atoms with E-state index in [9.17, 15) is 0 Å². The third-order valence-electron chi connectivity index (χ3n) is 21.0. The van der Waals surface area contributed by atoms with E-state index in [4.69, 9.17) is 0 Å². The second-order valence-corrected chi connectivity index (χ2v) is 27.6.